The molecule has 1 aromatic rings. The van der Waals surface area contributed by atoms with Gasteiger partial charge in [0.2, 0.25) is 0 Å². The van der Waals surface area contributed by atoms with E-state index >= 15 is 0 Å². The van der Waals surface area contributed by atoms with E-state index in [1.807, 2.05) is 0 Å². The van der Waals surface area contributed by atoms with Crippen molar-refractivity contribution in [1.29, 1.82) is 0 Å². The second-order valence-electron chi connectivity index (χ2n) is 4.11. The number of amidine groups is 1. The van der Waals surface area contributed by atoms with Crippen LogP contribution in [0.25, 0.3) is 0 Å². The van der Waals surface area contributed by atoms with Gasteiger partial charge in [-0.15, -0.1) is 0 Å². The first-order valence-electron chi connectivity index (χ1n) is 5.25. The zero-order chi connectivity index (χ0) is 13.9. The molecule has 1 aromatic heterocycles. The molecule has 0 aliphatic rings. The van der Waals surface area contributed by atoms with Crippen LogP contribution in [0, 0.1) is 0 Å². The van der Waals surface area contributed by atoms with Gasteiger partial charge in [0.25, 0.3) is 10.0 Å². The molecule has 0 amide bonds. The highest BCUT2D eigenvalue weighted by Gasteiger charge is 2.29. The number of aromatic nitrogens is 2. The highest BCUT2D eigenvalue weighted by atomic mass is 32.2. The van der Waals surface area contributed by atoms with Crippen molar-refractivity contribution in [3.8, 4) is 0 Å². The number of oxime groups is 1. The molecular weight excluding hydrogens is 258 g/mol. The quantitative estimate of drug-likeness (QED) is 0.327. The zero-order valence-electron chi connectivity index (χ0n) is 10.5. The van der Waals surface area contributed by atoms with Gasteiger partial charge < -0.3 is 15.5 Å². The molecular formula is C9H17N5O3S. The van der Waals surface area contributed by atoms with E-state index in [4.69, 9.17) is 10.9 Å². The Morgan fingerprint density at radius 3 is 2.67 bits per heavy atom. The van der Waals surface area contributed by atoms with E-state index in [1.54, 1.807) is 20.9 Å². The van der Waals surface area contributed by atoms with Gasteiger partial charge >= 0.3 is 0 Å². The van der Waals surface area contributed by atoms with Crippen LogP contribution in [0.4, 0.5) is 0 Å². The van der Waals surface area contributed by atoms with Gasteiger partial charge in [-0.3, -0.25) is 0 Å². The van der Waals surface area contributed by atoms with Crippen molar-refractivity contribution in [1.82, 2.24) is 13.9 Å². The van der Waals surface area contributed by atoms with E-state index in [-0.39, 0.29) is 23.4 Å². The number of aryl methyl sites for hydroxylation is 1. The van der Waals surface area contributed by atoms with Crippen molar-refractivity contribution >= 4 is 15.9 Å². The number of nitrogens with zero attached hydrogens (tertiary/aromatic N) is 4. The standard InChI is InChI=1S/C9H17N5O3S/c1-7(2)14(4-8(10)12-15)18(16,17)9-5-13(3)6-11-9/h5-7,15H,4H2,1-3H3,(H2,10,12). The molecule has 0 bridgehead atoms. The van der Waals surface area contributed by atoms with Gasteiger partial charge in [-0.2, -0.15) is 4.31 Å². The van der Waals surface area contributed by atoms with E-state index in [0.29, 0.717) is 0 Å². The summed E-state index contributed by atoms with van der Waals surface area (Å²) >= 11 is 0. The third kappa shape index (κ3) is 2.99. The maximum Gasteiger partial charge on any atom is 0.262 e. The Balaban J connectivity index is 3.13. The summed E-state index contributed by atoms with van der Waals surface area (Å²) in [5.41, 5.74) is 5.36. The normalized spacial score (nSPS) is 13.5. The summed E-state index contributed by atoms with van der Waals surface area (Å²) in [6.45, 7) is 3.21. The Kier molecular flexibility index (Phi) is 4.30. The minimum absolute atomic E-state index is 0.0653. The van der Waals surface area contributed by atoms with Crippen molar-refractivity contribution in [2.45, 2.75) is 24.9 Å². The smallest absolute Gasteiger partial charge is 0.262 e. The third-order valence-electron chi connectivity index (χ3n) is 2.28. The van der Waals surface area contributed by atoms with Crippen LogP contribution in [0.15, 0.2) is 22.7 Å². The Morgan fingerprint density at radius 2 is 2.28 bits per heavy atom. The molecule has 0 saturated heterocycles. The Morgan fingerprint density at radius 1 is 1.67 bits per heavy atom. The highest BCUT2D eigenvalue weighted by Crippen LogP contribution is 2.15. The van der Waals surface area contributed by atoms with Gasteiger partial charge in [-0.05, 0) is 13.8 Å². The summed E-state index contributed by atoms with van der Waals surface area (Å²) in [6, 6.07) is -0.336. The van der Waals surface area contributed by atoms with E-state index in [0.717, 1.165) is 4.31 Å². The Hall–Kier alpha value is -1.61. The van der Waals surface area contributed by atoms with Crippen molar-refractivity contribution in [2.24, 2.45) is 17.9 Å². The first kappa shape index (κ1) is 14.5. The molecule has 0 saturated carbocycles. The van der Waals surface area contributed by atoms with E-state index in [1.165, 1.54) is 17.1 Å². The van der Waals surface area contributed by atoms with Crippen LogP contribution in [0.3, 0.4) is 0 Å². The van der Waals surface area contributed by atoms with Gasteiger partial charge in [0, 0.05) is 19.3 Å². The second-order valence-corrected chi connectivity index (χ2v) is 5.95. The van der Waals surface area contributed by atoms with Gasteiger partial charge in [0.15, 0.2) is 10.9 Å². The van der Waals surface area contributed by atoms with Gasteiger partial charge in [0.1, 0.15) is 0 Å². The lowest BCUT2D eigenvalue weighted by molar-refractivity contribution is 0.312. The van der Waals surface area contributed by atoms with Crippen LogP contribution in [0.1, 0.15) is 13.8 Å². The van der Waals surface area contributed by atoms with Gasteiger partial charge in [-0.25, -0.2) is 13.4 Å². The minimum atomic E-state index is -3.76. The van der Waals surface area contributed by atoms with E-state index in [2.05, 4.69) is 10.1 Å². The molecule has 18 heavy (non-hydrogen) atoms. The SMILES string of the molecule is CC(C)N(CC(N)=NO)S(=O)(=O)c1cn(C)cn1. The van der Waals surface area contributed by atoms with Gasteiger partial charge in [-0.1, -0.05) is 5.16 Å². The number of rotatable bonds is 5. The number of sulfonamides is 1. The fraction of sp³-hybridized carbons (Fsp3) is 0.556. The molecule has 1 rings (SSSR count). The lowest BCUT2D eigenvalue weighted by atomic mass is 10.4. The largest absolute Gasteiger partial charge is 0.409 e. The molecule has 0 radical (unpaired) electrons. The number of hydrogen-bond donors (Lipinski definition) is 2. The molecule has 1 heterocycles. The molecule has 9 heteroatoms. The molecule has 8 nitrogen and oxygen atoms in total. The second kappa shape index (κ2) is 5.36. The van der Waals surface area contributed by atoms with Crippen molar-refractivity contribution < 1.29 is 13.6 Å². The lowest BCUT2D eigenvalue weighted by Gasteiger charge is -2.23. The van der Waals surface area contributed by atoms with E-state index in [9.17, 15) is 8.42 Å². The Bertz CT molecular complexity index is 534. The first-order valence-corrected chi connectivity index (χ1v) is 6.69. The molecule has 0 unspecified atom stereocenters. The lowest BCUT2D eigenvalue weighted by Crippen LogP contribution is -2.42. The van der Waals surface area contributed by atoms with Crippen LogP contribution >= 0.6 is 0 Å². The fourth-order valence-corrected chi connectivity index (χ4v) is 2.96. The number of imidazole rings is 1. The maximum atomic E-state index is 12.3. The summed E-state index contributed by atoms with van der Waals surface area (Å²) in [4.78, 5) is 3.81. The van der Waals surface area contributed by atoms with Crippen LogP contribution in [-0.4, -0.2) is 45.9 Å². The predicted octanol–water partition coefficient (Wildman–Crippen LogP) is -0.434. The molecule has 0 fully saturated rings. The summed E-state index contributed by atoms with van der Waals surface area (Å²) in [7, 11) is -2.08. The molecule has 0 aliphatic carbocycles. The molecule has 0 aliphatic heterocycles. The third-order valence-corrected chi connectivity index (χ3v) is 4.18. The Labute approximate surface area is 106 Å². The summed E-state index contributed by atoms with van der Waals surface area (Å²) in [5, 5.41) is 11.2. The molecule has 3 N–H and O–H groups in total. The molecule has 0 aromatic carbocycles. The predicted molar refractivity (Wildman–Crippen MR) is 65.6 cm³/mol. The number of hydrogen-bond acceptors (Lipinski definition) is 5. The first-order chi connectivity index (χ1) is 8.28. The minimum Gasteiger partial charge on any atom is -0.409 e. The van der Waals surface area contributed by atoms with Crippen LogP contribution in [0.2, 0.25) is 0 Å². The maximum absolute atomic E-state index is 12.3. The van der Waals surface area contributed by atoms with E-state index < -0.39 is 10.0 Å². The average molecular weight is 275 g/mol. The summed E-state index contributed by atoms with van der Waals surface area (Å²) in [5.74, 6) is -0.178. The summed E-state index contributed by atoms with van der Waals surface area (Å²) in [6.07, 6.45) is 2.80. The average Bonchev–Trinajstić information content (AvgIpc) is 2.72. The number of nitrogens with two attached hydrogens (primary N) is 1. The zero-order valence-corrected chi connectivity index (χ0v) is 11.3. The molecule has 102 valence electrons. The van der Waals surface area contributed by atoms with Crippen LogP contribution in [0.5, 0.6) is 0 Å². The van der Waals surface area contributed by atoms with Crippen molar-refractivity contribution in [3.63, 3.8) is 0 Å². The van der Waals surface area contributed by atoms with Crippen molar-refractivity contribution in [2.75, 3.05) is 6.54 Å². The van der Waals surface area contributed by atoms with Gasteiger partial charge in [0.05, 0.1) is 12.9 Å². The summed E-state index contributed by atoms with van der Waals surface area (Å²) < 4.78 is 27.2. The van der Waals surface area contributed by atoms with Crippen molar-refractivity contribution in [3.05, 3.63) is 12.5 Å². The van der Waals surface area contributed by atoms with Crippen LogP contribution < -0.4 is 5.73 Å². The topological polar surface area (TPSA) is 114 Å². The molecule has 0 spiro atoms. The highest BCUT2D eigenvalue weighted by molar-refractivity contribution is 7.89. The monoisotopic (exact) mass is 275 g/mol. The molecule has 0 atom stereocenters. The fourth-order valence-electron chi connectivity index (χ4n) is 1.38. The van der Waals surface area contributed by atoms with Crippen LogP contribution in [-0.2, 0) is 17.1 Å².